The van der Waals surface area contributed by atoms with Crippen LogP contribution in [0.5, 0.6) is 23.0 Å². The molecule has 0 aromatic heterocycles. The normalized spacial score (nSPS) is 11.1. The predicted octanol–water partition coefficient (Wildman–Crippen LogP) is 9.98. The molecular formula is C42H40N2O6. The maximum absolute atomic E-state index is 12.8. The van der Waals surface area contributed by atoms with Crippen LogP contribution in [0.1, 0.15) is 71.4 Å². The Hall–Kier alpha value is -6.02. The highest BCUT2D eigenvalue weighted by Gasteiger charge is 2.12. The molecule has 0 amide bonds. The summed E-state index contributed by atoms with van der Waals surface area (Å²) in [5.74, 6) is 1.07. The Morgan fingerprint density at radius 3 is 1.30 bits per heavy atom. The average molecular weight is 669 g/mol. The predicted molar refractivity (Wildman–Crippen MR) is 197 cm³/mol. The van der Waals surface area contributed by atoms with Crippen LogP contribution in [0.4, 0.5) is 11.4 Å². The van der Waals surface area contributed by atoms with Crippen LogP contribution in [-0.2, 0) is 0 Å². The molecule has 8 nitrogen and oxygen atoms in total. The van der Waals surface area contributed by atoms with Crippen LogP contribution in [0.15, 0.2) is 131 Å². The van der Waals surface area contributed by atoms with Gasteiger partial charge in [0.2, 0.25) is 0 Å². The maximum Gasteiger partial charge on any atom is 0.343 e. The lowest BCUT2D eigenvalue weighted by Crippen LogP contribution is -2.10. The fourth-order valence-corrected chi connectivity index (χ4v) is 4.57. The molecule has 0 aliphatic rings. The van der Waals surface area contributed by atoms with Gasteiger partial charge in [0, 0.05) is 18.5 Å². The number of ether oxygens (including phenoxy) is 4. The molecule has 0 spiro atoms. The molecule has 0 N–H and O–H groups in total. The Labute approximate surface area is 293 Å². The SMILES string of the molecule is CCCCOc1ccc(N=Cc2ccc(C(=O)Oc3cccc(OC(=O)c4ccc(C=Nc5ccc(OCCCC)cc5)cc4)c3)cc2)cc1. The first-order valence-electron chi connectivity index (χ1n) is 16.8. The van der Waals surface area contributed by atoms with Crippen molar-refractivity contribution in [3.63, 3.8) is 0 Å². The zero-order chi connectivity index (χ0) is 35.0. The van der Waals surface area contributed by atoms with E-state index >= 15 is 0 Å². The quantitative estimate of drug-likeness (QED) is 0.0449. The second kappa shape index (κ2) is 18.5. The lowest BCUT2D eigenvalue weighted by molar-refractivity contribution is 0.0733. The lowest BCUT2D eigenvalue weighted by atomic mass is 10.1. The fourth-order valence-electron chi connectivity index (χ4n) is 4.57. The molecule has 0 radical (unpaired) electrons. The van der Waals surface area contributed by atoms with Crippen LogP contribution in [-0.4, -0.2) is 37.6 Å². The number of aliphatic imine (C=N–C) groups is 2. The van der Waals surface area contributed by atoms with Crippen LogP contribution in [0, 0.1) is 0 Å². The van der Waals surface area contributed by atoms with Gasteiger partial charge >= 0.3 is 11.9 Å². The summed E-state index contributed by atoms with van der Waals surface area (Å²) in [4.78, 5) is 34.7. The summed E-state index contributed by atoms with van der Waals surface area (Å²) >= 11 is 0. The number of carbonyl (C=O) groups is 2. The second-order valence-electron chi connectivity index (χ2n) is 11.4. The topological polar surface area (TPSA) is 95.8 Å². The van der Waals surface area contributed by atoms with E-state index in [-0.39, 0.29) is 11.5 Å². The number of rotatable bonds is 16. The highest BCUT2D eigenvalue weighted by atomic mass is 16.5. The summed E-state index contributed by atoms with van der Waals surface area (Å²) in [6.45, 7) is 5.66. The highest BCUT2D eigenvalue weighted by molar-refractivity contribution is 5.93. The first kappa shape index (κ1) is 35.3. The highest BCUT2D eigenvalue weighted by Crippen LogP contribution is 2.23. The molecule has 0 bridgehead atoms. The van der Waals surface area contributed by atoms with Crippen molar-refractivity contribution in [1.82, 2.24) is 0 Å². The number of nitrogens with zero attached hydrogens (tertiary/aromatic N) is 2. The van der Waals surface area contributed by atoms with Gasteiger partial charge in [-0.1, -0.05) is 57.0 Å². The first-order chi connectivity index (χ1) is 24.5. The molecule has 5 aromatic rings. The molecule has 0 heterocycles. The van der Waals surface area contributed by atoms with Crippen molar-refractivity contribution in [1.29, 1.82) is 0 Å². The van der Waals surface area contributed by atoms with Crippen molar-refractivity contribution in [2.75, 3.05) is 13.2 Å². The summed E-state index contributed by atoms with van der Waals surface area (Å²) in [7, 11) is 0. The molecule has 50 heavy (non-hydrogen) atoms. The Morgan fingerprint density at radius 2 is 0.920 bits per heavy atom. The van der Waals surface area contributed by atoms with Gasteiger partial charge in [-0.15, -0.1) is 0 Å². The molecule has 0 unspecified atom stereocenters. The van der Waals surface area contributed by atoms with Gasteiger partial charge in [0.25, 0.3) is 0 Å². The third-order valence-electron chi connectivity index (χ3n) is 7.45. The molecule has 0 fully saturated rings. The van der Waals surface area contributed by atoms with Crippen LogP contribution >= 0.6 is 0 Å². The fraction of sp³-hybridized carbons (Fsp3) is 0.190. The van der Waals surface area contributed by atoms with Crippen molar-refractivity contribution in [2.45, 2.75) is 39.5 Å². The maximum atomic E-state index is 12.8. The molecule has 254 valence electrons. The Kier molecular flexibility index (Phi) is 13.1. The van der Waals surface area contributed by atoms with Crippen molar-refractivity contribution in [2.24, 2.45) is 9.98 Å². The summed E-state index contributed by atoms with van der Waals surface area (Å²) < 4.78 is 22.5. The van der Waals surface area contributed by atoms with E-state index in [4.69, 9.17) is 18.9 Å². The van der Waals surface area contributed by atoms with Gasteiger partial charge in [-0.3, -0.25) is 9.98 Å². The van der Waals surface area contributed by atoms with Gasteiger partial charge in [0.1, 0.15) is 23.0 Å². The van der Waals surface area contributed by atoms with Crippen LogP contribution < -0.4 is 18.9 Å². The standard InChI is InChI=1S/C42H40N2O6/c1-3-5-26-47-37-22-18-35(19-23-37)43-29-31-10-14-33(15-11-31)41(45)49-39-8-7-9-40(28-39)50-42(46)34-16-12-32(13-17-34)30-44-36-20-24-38(25-21-36)48-27-6-4-2/h7-25,28-30H,3-6,26-27H2,1-2H3. The van der Waals surface area contributed by atoms with E-state index in [1.54, 1.807) is 79.2 Å². The number of unbranched alkanes of at least 4 members (excludes halogenated alkanes) is 2. The summed E-state index contributed by atoms with van der Waals surface area (Å²) in [6.07, 6.45) is 7.67. The first-order valence-corrected chi connectivity index (χ1v) is 16.8. The number of hydrogen-bond donors (Lipinski definition) is 0. The van der Waals surface area contributed by atoms with E-state index in [0.29, 0.717) is 24.3 Å². The van der Waals surface area contributed by atoms with Gasteiger partial charge in [-0.25, -0.2) is 9.59 Å². The van der Waals surface area contributed by atoms with Gasteiger partial charge in [-0.05, 0) is 109 Å². The Balaban J connectivity index is 1.10. The van der Waals surface area contributed by atoms with Crippen LogP contribution in [0.3, 0.4) is 0 Å². The average Bonchev–Trinajstić information content (AvgIpc) is 3.15. The molecular weight excluding hydrogens is 628 g/mol. The van der Waals surface area contributed by atoms with E-state index in [1.165, 1.54) is 6.07 Å². The van der Waals surface area contributed by atoms with Crippen LogP contribution in [0.25, 0.3) is 0 Å². The largest absolute Gasteiger partial charge is 0.494 e. The molecule has 0 aliphatic heterocycles. The summed E-state index contributed by atoms with van der Waals surface area (Å²) in [5.41, 5.74) is 4.00. The number of carbonyl (C=O) groups excluding carboxylic acids is 2. The monoisotopic (exact) mass is 668 g/mol. The minimum Gasteiger partial charge on any atom is -0.494 e. The van der Waals surface area contributed by atoms with Gasteiger partial charge in [0.05, 0.1) is 35.7 Å². The molecule has 0 aliphatic carbocycles. The van der Waals surface area contributed by atoms with E-state index in [9.17, 15) is 9.59 Å². The van der Waals surface area contributed by atoms with Crippen LogP contribution in [0.2, 0.25) is 0 Å². The van der Waals surface area contributed by atoms with E-state index < -0.39 is 11.9 Å². The molecule has 5 aromatic carbocycles. The van der Waals surface area contributed by atoms with Gasteiger partial charge < -0.3 is 18.9 Å². The number of benzene rings is 5. The Morgan fingerprint density at radius 1 is 0.520 bits per heavy atom. The number of esters is 2. The minimum atomic E-state index is -0.538. The minimum absolute atomic E-state index is 0.250. The van der Waals surface area contributed by atoms with E-state index in [2.05, 4.69) is 23.8 Å². The third-order valence-corrected chi connectivity index (χ3v) is 7.45. The lowest BCUT2D eigenvalue weighted by Gasteiger charge is -2.08. The van der Waals surface area contributed by atoms with E-state index in [0.717, 1.165) is 59.7 Å². The zero-order valence-electron chi connectivity index (χ0n) is 28.3. The number of hydrogen-bond acceptors (Lipinski definition) is 8. The zero-order valence-corrected chi connectivity index (χ0v) is 28.3. The third kappa shape index (κ3) is 11.0. The van der Waals surface area contributed by atoms with Crippen molar-refractivity contribution < 1.29 is 28.5 Å². The molecule has 0 atom stereocenters. The molecule has 5 rings (SSSR count). The van der Waals surface area contributed by atoms with Gasteiger partial charge in [-0.2, -0.15) is 0 Å². The van der Waals surface area contributed by atoms with Crippen molar-refractivity contribution in [3.05, 3.63) is 144 Å². The van der Waals surface area contributed by atoms with Crippen molar-refractivity contribution in [3.8, 4) is 23.0 Å². The Bertz CT molecular complexity index is 1750. The smallest absolute Gasteiger partial charge is 0.343 e. The van der Waals surface area contributed by atoms with Gasteiger partial charge in [0.15, 0.2) is 0 Å². The summed E-state index contributed by atoms with van der Waals surface area (Å²) in [6, 6.07) is 35.4. The molecule has 0 saturated heterocycles. The summed E-state index contributed by atoms with van der Waals surface area (Å²) in [5, 5.41) is 0. The van der Waals surface area contributed by atoms with Crippen molar-refractivity contribution >= 4 is 35.7 Å². The molecule has 0 saturated carbocycles. The van der Waals surface area contributed by atoms with E-state index in [1.807, 2.05) is 48.5 Å². The molecule has 8 heteroatoms. The second-order valence-corrected chi connectivity index (χ2v) is 11.4.